The number of fused-ring (bicyclic) bond motifs is 1. The molecule has 160 valence electrons. The number of benzene rings is 2. The molecule has 0 atom stereocenters. The van der Waals surface area contributed by atoms with Gasteiger partial charge in [-0.3, -0.25) is 0 Å². The van der Waals surface area contributed by atoms with Crippen LogP contribution in [0.4, 0.5) is 13.2 Å². The molecule has 0 saturated carbocycles. The number of alkyl halides is 3. The van der Waals surface area contributed by atoms with Crippen LogP contribution < -0.4 is 4.72 Å². The summed E-state index contributed by atoms with van der Waals surface area (Å²) >= 11 is 0. The average molecular weight is 446 g/mol. The number of pyridine rings is 1. The summed E-state index contributed by atoms with van der Waals surface area (Å²) in [4.78, 5) is 4.46. The quantitative estimate of drug-likeness (QED) is 0.456. The highest BCUT2D eigenvalue weighted by Gasteiger charge is 2.36. The Morgan fingerprint density at radius 3 is 2.39 bits per heavy atom. The molecule has 4 aromatic rings. The van der Waals surface area contributed by atoms with E-state index in [2.05, 4.69) is 14.8 Å². The molecule has 6 nitrogen and oxygen atoms in total. The summed E-state index contributed by atoms with van der Waals surface area (Å²) in [6.45, 7) is 0.0325. The van der Waals surface area contributed by atoms with Gasteiger partial charge >= 0.3 is 6.18 Å². The Labute approximate surface area is 177 Å². The lowest BCUT2D eigenvalue weighted by atomic mass is 10.0. The number of rotatable bonds is 5. The average Bonchev–Trinajstić information content (AvgIpc) is 3.08. The third-order valence-electron chi connectivity index (χ3n) is 4.78. The first-order valence-electron chi connectivity index (χ1n) is 9.21. The number of aromatic nitrogens is 3. The van der Waals surface area contributed by atoms with Gasteiger partial charge in [0.1, 0.15) is 5.69 Å². The highest BCUT2D eigenvalue weighted by Crippen LogP contribution is 2.40. The maximum atomic E-state index is 14.1. The molecule has 0 aliphatic heterocycles. The lowest BCUT2D eigenvalue weighted by Gasteiger charge is -2.12. The molecular formula is C21H17F3N4O2S. The number of nitrogens with zero attached hydrogens (tertiary/aromatic N) is 3. The Bertz CT molecular complexity index is 1320. The van der Waals surface area contributed by atoms with Crippen molar-refractivity contribution in [1.82, 2.24) is 19.5 Å². The first kappa shape index (κ1) is 21.0. The van der Waals surface area contributed by atoms with E-state index in [0.717, 1.165) is 6.07 Å². The Morgan fingerprint density at radius 2 is 1.71 bits per heavy atom. The number of aryl methyl sites for hydroxylation is 1. The molecule has 0 spiro atoms. The van der Waals surface area contributed by atoms with Gasteiger partial charge in [0, 0.05) is 24.7 Å². The second kappa shape index (κ2) is 8.12. The molecule has 0 aliphatic rings. The molecule has 10 heteroatoms. The van der Waals surface area contributed by atoms with Gasteiger partial charge in [-0.2, -0.15) is 18.3 Å². The van der Waals surface area contributed by atoms with E-state index in [1.165, 1.54) is 4.68 Å². The fourth-order valence-corrected chi connectivity index (χ4v) is 3.72. The van der Waals surface area contributed by atoms with Gasteiger partial charge in [-0.1, -0.05) is 48.5 Å². The Hall–Kier alpha value is -3.24. The smallest absolute Gasteiger partial charge is 0.250 e. The molecule has 0 radical (unpaired) electrons. The first-order chi connectivity index (χ1) is 14.7. The number of thiol groups is 1. The summed E-state index contributed by atoms with van der Waals surface area (Å²) < 4.78 is 67.3. The maximum absolute atomic E-state index is 14.1. The molecule has 2 aromatic heterocycles. The van der Waals surface area contributed by atoms with E-state index in [1.54, 1.807) is 61.6 Å². The third kappa shape index (κ3) is 4.30. The van der Waals surface area contributed by atoms with Crippen molar-refractivity contribution in [2.45, 2.75) is 12.7 Å². The topological polar surface area (TPSA) is 76.9 Å². The second-order valence-corrected chi connectivity index (χ2v) is 7.71. The number of hydrogen-bond acceptors (Lipinski definition) is 4. The predicted octanol–water partition coefficient (Wildman–Crippen LogP) is 3.94. The standard InChI is InChI=1S/C21H17F3N4O2S/c1-28-20-18(19(27-28)14-7-3-2-4-8-14)16(21(22,23)24)11-17(26-20)15-9-5-6-13(10-15)12-25-31(29)30/h2-11,31H,12H2,1H3,(H,25,29,30). The zero-order valence-electron chi connectivity index (χ0n) is 16.2. The van der Waals surface area contributed by atoms with Crippen LogP contribution >= 0.6 is 0 Å². The molecule has 2 heterocycles. The summed E-state index contributed by atoms with van der Waals surface area (Å²) in [6, 6.07) is 16.2. The maximum Gasteiger partial charge on any atom is 0.417 e. The second-order valence-electron chi connectivity index (χ2n) is 6.88. The summed E-state index contributed by atoms with van der Waals surface area (Å²) in [5.41, 5.74) is 1.21. The van der Waals surface area contributed by atoms with Gasteiger partial charge in [-0.05, 0) is 17.7 Å². The van der Waals surface area contributed by atoms with Crippen LogP contribution in [0, 0.1) is 0 Å². The van der Waals surface area contributed by atoms with Crippen molar-refractivity contribution in [3.05, 3.63) is 71.8 Å². The summed E-state index contributed by atoms with van der Waals surface area (Å²) in [5.74, 6) is 0. The monoisotopic (exact) mass is 446 g/mol. The van der Waals surface area contributed by atoms with Crippen molar-refractivity contribution >= 4 is 21.9 Å². The zero-order chi connectivity index (χ0) is 22.2. The van der Waals surface area contributed by atoms with Gasteiger partial charge in [0.05, 0.1) is 16.6 Å². The van der Waals surface area contributed by atoms with E-state index in [1.807, 2.05) is 0 Å². The van der Waals surface area contributed by atoms with E-state index in [0.29, 0.717) is 16.7 Å². The van der Waals surface area contributed by atoms with Gasteiger partial charge in [0.25, 0.3) is 0 Å². The van der Waals surface area contributed by atoms with Crippen molar-refractivity contribution in [2.75, 3.05) is 0 Å². The molecule has 0 fully saturated rings. The van der Waals surface area contributed by atoms with Crippen molar-refractivity contribution in [3.63, 3.8) is 0 Å². The van der Waals surface area contributed by atoms with Crippen molar-refractivity contribution in [2.24, 2.45) is 7.05 Å². The SMILES string of the molecule is Cn1nc(-c2ccccc2)c2c(C(F)(F)F)cc(-c3cccc(CN[SH](=O)=O)c3)nc21. The van der Waals surface area contributed by atoms with Gasteiger partial charge in [-0.15, -0.1) is 0 Å². The van der Waals surface area contributed by atoms with Crippen LogP contribution in [0.15, 0.2) is 60.7 Å². The normalized spacial score (nSPS) is 12.0. The van der Waals surface area contributed by atoms with Crippen LogP contribution in [0.2, 0.25) is 0 Å². The van der Waals surface area contributed by atoms with Crippen molar-refractivity contribution < 1.29 is 21.6 Å². The first-order valence-corrected chi connectivity index (χ1v) is 10.4. The minimum Gasteiger partial charge on any atom is -0.250 e. The molecular weight excluding hydrogens is 429 g/mol. The van der Waals surface area contributed by atoms with Crippen LogP contribution in [0.3, 0.4) is 0 Å². The van der Waals surface area contributed by atoms with Crippen molar-refractivity contribution in [1.29, 1.82) is 0 Å². The molecule has 4 rings (SSSR count). The fraction of sp³-hybridized carbons (Fsp3) is 0.143. The molecule has 2 aromatic carbocycles. The highest BCUT2D eigenvalue weighted by molar-refractivity contribution is 7.70. The molecule has 1 N–H and O–H groups in total. The molecule has 0 bridgehead atoms. The van der Waals surface area contributed by atoms with Crippen LogP contribution in [-0.4, -0.2) is 23.2 Å². The van der Waals surface area contributed by atoms with Crippen LogP contribution in [0.1, 0.15) is 11.1 Å². The third-order valence-corrected chi connectivity index (χ3v) is 5.20. The minimum atomic E-state index is -4.62. The molecule has 0 unspecified atom stereocenters. The summed E-state index contributed by atoms with van der Waals surface area (Å²) in [7, 11) is -1.23. The number of nitrogens with one attached hydrogen (secondary N) is 1. The van der Waals surface area contributed by atoms with Gasteiger partial charge in [-0.25, -0.2) is 22.8 Å². The highest BCUT2D eigenvalue weighted by atomic mass is 32.2. The van der Waals surface area contributed by atoms with E-state index >= 15 is 0 Å². The largest absolute Gasteiger partial charge is 0.417 e. The molecule has 0 aliphatic carbocycles. The fourth-order valence-electron chi connectivity index (χ4n) is 3.41. The van der Waals surface area contributed by atoms with Crippen LogP contribution in [-0.2, 0) is 30.7 Å². The van der Waals surface area contributed by atoms with Gasteiger partial charge in [0.15, 0.2) is 5.65 Å². The van der Waals surface area contributed by atoms with E-state index < -0.39 is 22.6 Å². The lowest BCUT2D eigenvalue weighted by Crippen LogP contribution is -2.10. The van der Waals surface area contributed by atoms with Gasteiger partial charge < -0.3 is 0 Å². The van der Waals surface area contributed by atoms with E-state index in [9.17, 15) is 21.6 Å². The number of halogens is 3. The molecule has 0 amide bonds. The summed E-state index contributed by atoms with van der Waals surface area (Å²) in [6.07, 6.45) is -4.62. The Kier molecular flexibility index (Phi) is 5.50. The number of hydrogen-bond donors (Lipinski definition) is 2. The predicted molar refractivity (Wildman–Crippen MR) is 112 cm³/mol. The van der Waals surface area contributed by atoms with Crippen LogP contribution in [0.25, 0.3) is 33.5 Å². The molecule has 31 heavy (non-hydrogen) atoms. The van der Waals surface area contributed by atoms with Gasteiger partial charge in [0.2, 0.25) is 10.9 Å². The Balaban J connectivity index is 1.92. The minimum absolute atomic E-state index is 0.0325. The van der Waals surface area contributed by atoms with E-state index in [4.69, 9.17) is 0 Å². The molecule has 0 saturated heterocycles. The van der Waals surface area contributed by atoms with E-state index in [-0.39, 0.29) is 29.0 Å². The van der Waals surface area contributed by atoms with Crippen molar-refractivity contribution in [3.8, 4) is 22.5 Å². The summed E-state index contributed by atoms with van der Waals surface area (Å²) in [5, 5.41) is 4.25. The zero-order valence-corrected chi connectivity index (χ0v) is 17.1. The van der Waals surface area contributed by atoms with Crippen LogP contribution in [0.5, 0.6) is 0 Å². The lowest BCUT2D eigenvalue weighted by molar-refractivity contribution is -0.136. The Morgan fingerprint density at radius 1 is 1.00 bits per heavy atom.